The number of piperazine rings is 1. The SMILES string of the molecule is CC(=O)N1CCN(c2ccccc2N=[N+]=[N-])CC1. The fourth-order valence-corrected chi connectivity index (χ4v) is 2.13. The van der Waals surface area contributed by atoms with Crippen LogP contribution in [0.4, 0.5) is 11.4 Å². The van der Waals surface area contributed by atoms with E-state index in [0.29, 0.717) is 18.8 Å². The Morgan fingerprint density at radius 3 is 2.56 bits per heavy atom. The van der Waals surface area contributed by atoms with E-state index in [1.165, 1.54) is 0 Å². The van der Waals surface area contributed by atoms with E-state index >= 15 is 0 Å². The minimum atomic E-state index is 0.109. The summed E-state index contributed by atoms with van der Waals surface area (Å²) in [6.45, 7) is 4.53. The highest BCUT2D eigenvalue weighted by Crippen LogP contribution is 2.29. The molecule has 0 spiro atoms. The number of nitrogens with zero attached hydrogens (tertiary/aromatic N) is 5. The fraction of sp³-hybridized carbons (Fsp3) is 0.417. The molecule has 0 N–H and O–H groups in total. The summed E-state index contributed by atoms with van der Waals surface area (Å²) in [5.41, 5.74) is 10.1. The standard InChI is InChI=1S/C12H15N5O/c1-10(18)16-6-8-17(9-7-16)12-5-3-2-4-11(12)14-15-13/h2-5H,6-9H2,1H3. The van der Waals surface area contributed by atoms with Gasteiger partial charge in [0.15, 0.2) is 0 Å². The minimum Gasteiger partial charge on any atom is -0.368 e. The Morgan fingerprint density at radius 1 is 1.28 bits per heavy atom. The van der Waals surface area contributed by atoms with Gasteiger partial charge in [-0.15, -0.1) is 0 Å². The second-order valence-electron chi connectivity index (χ2n) is 4.17. The van der Waals surface area contributed by atoms with Gasteiger partial charge in [-0.3, -0.25) is 4.79 Å². The molecule has 1 saturated heterocycles. The molecule has 0 aliphatic carbocycles. The molecule has 1 heterocycles. The third kappa shape index (κ3) is 2.55. The van der Waals surface area contributed by atoms with Crippen molar-refractivity contribution in [1.29, 1.82) is 0 Å². The predicted molar refractivity (Wildman–Crippen MR) is 69.7 cm³/mol. The third-order valence-electron chi connectivity index (χ3n) is 3.10. The summed E-state index contributed by atoms with van der Waals surface area (Å²) in [5, 5.41) is 3.69. The van der Waals surface area contributed by atoms with E-state index in [1.54, 1.807) is 13.0 Å². The Morgan fingerprint density at radius 2 is 1.94 bits per heavy atom. The van der Waals surface area contributed by atoms with Gasteiger partial charge in [0.25, 0.3) is 0 Å². The summed E-state index contributed by atoms with van der Waals surface area (Å²) in [6.07, 6.45) is 0. The van der Waals surface area contributed by atoms with Gasteiger partial charge >= 0.3 is 0 Å². The van der Waals surface area contributed by atoms with Gasteiger partial charge in [0.2, 0.25) is 5.91 Å². The van der Waals surface area contributed by atoms with Crippen LogP contribution < -0.4 is 4.90 Å². The zero-order valence-electron chi connectivity index (χ0n) is 10.3. The molecule has 6 heteroatoms. The molecule has 1 amide bonds. The Labute approximate surface area is 105 Å². The maximum Gasteiger partial charge on any atom is 0.219 e. The molecule has 0 atom stereocenters. The fourth-order valence-electron chi connectivity index (χ4n) is 2.13. The van der Waals surface area contributed by atoms with Gasteiger partial charge in [0.1, 0.15) is 0 Å². The Hall–Kier alpha value is -2.20. The van der Waals surface area contributed by atoms with E-state index in [1.807, 2.05) is 23.1 Å². The van der Waals surface area contributed by atoms with Crippen LogP contribution in [0.25, 0.3) is 10.4 Å². The summed E-state index contributed by atoms with van der Waals surface area (Å²) in [4.78, 5) is 18.1. The molecule has 1 aromatic carbocycles. The number of anilines is 1. The van der Waals surface area contributed by atoms with Crippen LogP contribution in [0.15, 0.2) is 29.4 Å². The van der Waals surface area contributed by atoms with E-state index in [-0.39, 0.29) is 5.91 Å². The molecule has 2 rings (SSSR count). The molecule has 1 aromatic rings. The Bertz CT molecular complexity index is 487. The van der Waals surface area contributed by atoms with E-state index < -0.39 is 0 Å². The van der Waals surface area contributed by atoms with Gasteiger partial charge in [-0.05, 0) is 11.6 Å². The molecule has 0 unspecified atom stereocenters. The summed E-state index contributed by atoms with van der Waals surface area (Å²) in [5.74, 6) is 0.109. The van der Waals surface area contributed by atoms with Crippen molar-refractivity contribution in [3.05, 3.63) is 34.7 Å². The van der Waals surface area contributed by atoms with Crippen molar-refractivity contribution in [2.45, 2.75) is 6.92 Å². The van der Waals surface area contributed by atoms with Crippen molar-refractivity contribution < 1.29 is 4.79 Å². The number of carbonyl (C=O) groups is 1. The van der Waals surface area contributed by atoms with Gasteiger partial charge in [-0.1, -0.05) is 23.3 Å². The number of benzene rings is 1. The van der Waals surface area contributed by atoms with Gasteiger partial charge in [-0.2, -0.15) is 0 Å². The van der Waals surface area contributed by atoms with Gasteiger partial charge in [0, 0.05) is 43.7 Å². The minimum absolute atomic E-state index is 0.109. The van der Waals surface area contributed by atoms with Crippen LogP contribution in [-0.2, 0) is 4.79 Å². The first-order valence-electron chi connectivity index (χ1n) is 5.87. The van der Waals surface area contributed by atoms with E-state index in [2.05, 4.69) is 14.9 Å². The van der Waals surface area contributed by atoms with Gasteiger partial charge < -0.3 is 9.80 Å². The molecule has 18 heavy (non-hydrogen) atoms. The summed E-state index contributed by atoms with van der Waals surface area (Å²) in [7, 11) is 0. The molecule has 0 radical (unpaired) electrons. The van der Waals surface area contributed by atoms with E-state index in [9.17, 15) is 4.79 Å². The summed E-state index contributed by atoms with van der Waals surface area (Å²) >= 11 is 0. The van der Waals surface area contributed by atoms with E-state index in [4.69, 9.17) is 5.53 Å². The second-order valence-corrected chi connectivity index (χ2v) is 4.17. The molecular weight excluding hydrogens is 230 g/mol. The highest BCUT2D eigenvalue weighted by atomic mass is 16.2. The molecule has 0 bridgehead atoms. The average molecular weight is 245 g/mol. The maximum absolute atomic E-state index is 11.3. The number of hydrogen-bond acceptors (Lipinski definition) is 3. The Kier molecular flexibility index (Phi) is 3.69. The Balaban J connectivity index is 2.14. The van der Waals surface area contributed by atoms with E-state index in [0.717, 1.165) is 18.8 Å². The molecule has 0 aromatic heterocycles. The smallest absolute Gasteiger partial charge is 0.219 e. The number of amides is 1. The predicted octanol–water partition coefficient (Wildman–Crippen LogP) is 2.30. The van der Waals surface area contributed by atoms with Crippen LogP contribution in [0.2, 0.25) is 0 Å². The molecular formula is C12H15N5O. The van der Waals surface area contributed by atoms with Crippen molar-refractivity contribution in [3.8, 4) is 0 Å². The lowest BCUT2D eigenvalue weighted by Gasteiger charge is -2.36. The monoisotopic (exact) mass is 245 g/mol. The van der Waals surface area contributed by atoms with Gasteiger partial charge in [-0.25, -0.2) is 0 Å². The molecule has 94 valence electrons. The molecule has 1 aliphatic heterocycles. The molecule has 1 aliphatic rings. The topological polar surface area (TPSA) is 72.3 Å². The van der Waals surface area contributed by atoms with Crippen molar-refractivity contribution in [1.82, 2.24) is 4.90 Å². The van der Waals surface area contributed by atoms with Crippen molar-refractivity contribution >= 4 is 17.3 Å². The lowest BCUT2D eigenvalue weighted by Crippen LogP contribution is -2.48. The van der Waals surface area contributed by atoms with Crippen LogP contribution in [0.5, 0.6) is 0 Å². The lowest BCUT2D eigenvalue weighted by atomic mass is 10.2. The quantitative estimate of drug-likeness (QED) is 0.455. The molecule has 0 saturated carbocycles. The van der Waals surface area contributed by atoms with Crippen LogP contribution >= 0.6 is 0 Å². The lowest BCUT2D eigenvalue weighted by molar-refractivity contribution is -0.129. The van der Waals surface area contributed by atoms with Crippen molar-refractivity contribution in [2.24, 2.45) is 5.11 Å². The van der Waals surface area contributed by atoms with Crippen LogP contribution in [-0.4, -0.2) is 37.0 Å². The first kappa shape index (κ1) is 12.3. The first-order valence-corrected chi connectivity index (χ1v) is 5.87. The number of azide groups is 1. The summed E-state index contributed by atoms with van der Waals surface area (Å²) in [6, 6.07) is 7.50. The second kappa shape index (κ2) is 5.42. The zero-order chi connectivity index (χ0) is 13.0. The number of rotatable bonds is 2. The maximum atomic E-state index is 11.3. The third-order valence-corrected chi connectivity index (χ3v) is 3.10. The molecule has 1 fully saturated rings. The first-order chi connectivity index (χ1) is 8.72. The molecule has 6 nitrogen and oxygen atoms in total. The average Bonchev–Trinajstić information content (AvgIpc) is 2.40. The number of carbonyl (C=O) groups excluding carboxylic acids is 1. The normalized spacial score (nSPS) is 15.2. The van der Waals surface area contributed by atoms with Crippen LogP contribution in [0.1, 0.15) is 6.92 Å². The summed E-state index contributed by atoms with van der Waals surface area (Å²) < 4.78 is 0. The number of hydrogen-bond donors (Lipinski definition) is 0. The van der Waals surface area contributed by atoms with Crippen molar-refractivity contribution in [2.75, 3.05) is 31.1 Å². The number of para-hydroxylation sites is 1. The van der Waals surface area contributed by atoms with Crippen molar-refractivity contribution in [3.63, 3.8) is 0 Å². The highest BCUT2D eigenvalue weighted by Gasteiger charge is 2.19. The largest absolute Gasteiger partial charge is 0.368 e. The van der Waals surface area contributed by atoms with Gasteiger partial charge in [0.05, 0.1) is 5.69 Å². The highest BCUT2D eigenvalue weighted by molar-refractivity contribution is 5.74. The van der Waals surface area contributed by atoms with Crippen LogP contribution in [0, 0.1) is 0 Å². The zero-order valence-corrected chi connectivity index (χ0v) is 10.3. The van der Waals surface area contributed by atoms with Crippen LogP contribution in [0.3, 0.4) is 0 Å².